The molecule has 0 fully saturated rings. The smallest absolute Gasteiger partial charge is 0.408 e. The van der Waals surface area contributed by atoms with Gasteiger partial charge in [0.25, 0.3) is 0 Å². The molecule has 22 heavy (non-hydrogen) atoms. The molecule has 1 aromatic heterocycles. The monoisotopic (exact) mass is 296 g/mol. The van der Waals surface area contributed by atoms with Gasteiger partial charge < -0.3 is 9.32 Å². The Kier molecular flexibility index (Phi) is 3.78. The molecule has 2 aromatic carbocycles. The lowest BCUT2D eigenvalue weighted by atomic mass is 10.1. The van der Waals surface area contributed by atoms with Crippen LogP contribution in [-0.4, -0.2) is 17.9 Å². The van der Waals surface area contributed by atoms with Crippen LogP contribution in [0.5, 0.6) is 0 Å². The van der Waals surface area contributed by atoms with Crippen LogP contribution in [0.25, 0.3) is 11.1 Å². The molecule has 0 spiro atoms. The number of benzene rings is 2. The fourth-order valence-corrected chi connectivity index (χ4v) is 2.37. The van der Waals surface area contributed by atoms with E-state index in [0.29, 0.717) is 23.9 Å². The number of carbonyl (C=O) groups excluding carboxylic acids is 1. The van der Waals surface area contributed by atoms with Crippen molar-refractivity contribution in [1.82, 2.24) is 4.98 Å². The van der Waals surface area contributed by atoms with Crippen LogP contribution in [0.2, 0.25) is 0 Å². The van der Waals surface area contributed by atoms with Crippen molar-refractivity contribution in [3.05, 3.63) is 64.6 Å². The van der Waals surface area contributed by atoms with Gasteiger partial charge in [-0.05, 0) is 36.2 Å². The van der Waals surface area contributed by atoms with Gasteiger partial charge in [-0.25, -0.2) is 4.79 Å². The number of fused-ring (bicyclic) bond motifs is 1. The number of amides is 1. The van der Waals surface area contributed by atoms with Crippen LogP contribution in [-0.2, 0) is 11.2 Å². The van der Waals surface area contributed by atoms with E-state index in [1.165, 1.54) is 0 Å². The molecule has 0 aliphatic heterocycles. The normalized spacial score (nSPS) is 10.8. The largest absolute Gasteiger partial charge is 0.417 e. The van der Waals surface area contributed by atoms with Crippen molar-refractivity contribution >= 4 is 22.7 Å². The Morgan fingerprint density at radius 1 is 1.18 bits per heavy atom. The quantitative estimate of drug-likeness (QED) is 0.805. The number of hydrogen-bond acceptors (Lipinski definition) is 3. The second kappa shape index (κ2) is 5.89. The highest BCUT2D eigenvalue weighted by Gasteiger charge is 2.11. The predicted octanol–water partition coefficient (Wildman–Crippen LogP) is 2.72. The third-order valence-electron chi connectivity index (χ3n) is 3.63. The number of rotatable bonds is 4. The summed E-state index contributed by atoms with van der Waals surface area (Å²) in [4.78, 5) is 27.6. The molecule has 0 bridgehead atoms. The first-order chi connectivity index (χ1) is 10.6. The molecule has 0 unspecified atom stereocenters. The number of nitrogens with zero attached hydrogens (tertiary/aromatic N) is 1. The Labute approximate surface area is 127 Å². The van der Waals surface area contributed by atoms with Gasteiger partial charge in [-0.15, -0.1) is 0 Å². The van der Waals surface area contributed by atoms with Gasteiger partial charge in [-0.2, -0.15) is 0 Å². The molecule has 3 rings (SSSR count). The van der Waals surface area contributed by atoms with Crippen LogP contribution in [0, 0.1) is 0 Å². The Balaban J connectivity index is 1.68. The van der Waals surface area contributed by atoms with Crippen molar-refractivity contribution in [1.29, 1.82) is 0 Å². The molecule has 1 amide bonds. The van der Waals surface area contributed by atoms with Gasteiger partial charge in [-0.1, -0.05) is 24.3 Å². The van der Waals surface area contributed by atoms with Gasteiger partial charge in [0.2, 0.25) is 5.91 Å². The Morgan fingerprint density at radius 2 is 1.95 bits per heavy atom. The maximum Gasteiger partial charge on any atom is 0.417 e. The Hall–Kier alpha value is -2.82. The van der Waals surface area contributed by atoms with Crippen molar-refractivity contribution in [2.75, 3.05) is 11.9 Å². The highest BCUT2D eigenvalue weighted by molar-refractivity contribution is 5.92. The SMILES string of the molecule is CN(C(=O)CCc1ccc2oc(=O)[nH]c2c1)c1ccccc1. The third kappa shape index (κ3) is 2.93. The molecule has 0 atom stereocenters. The van der Waals surface area contributed by atoms with Crippen molar-refractivity contribution < 1.29 is 9.21 Å². The summed E-state index contributed by atoms with van der Waals surface area (Å²) in [5.74, 6) is -0.418. The van der Waals surface area contributed by atoms with Crippen molar-refractivity contribution in [3.8, 4) is 0 Å². The van der Waals surface area contributed by atoms with Gasteiger partial charge in [0.05, 0.1) is 5.52 Å². The number of aryl methyl sites for hydroxylation is 1. The first kappa shape index (κ1) is 14.1. The van der Waals surface area contributed by atoms with E-state index in [1.54, 1.807) is 18.0 Å². The number of oxazole rings is 1. The van der Waals surface area contributed by atoms with Gasteiger partial charge in [0.1, 0.15) is 0 Å². The number of aromatic amines is 1. The topological polar surface area (TPSA) is 66.3 Å². The van der Waals surface area contributed by atoms with E-state index in [9.17, 15) is 9.59 Å². The molecule has 0 aliphatic rings. The zero-order valence-electron chi connectivity index (χ0n) is 12.2. The number of para-hydroxylation sites is 1. The summed E-state index contributed by atoms with van der Waals surface area (Å²) in [6.45, 7) is 0. The standard InChI is InChI=1S/C17H16N2O3/c1-19(13-5-3-2-4-6-13)16(20)10-8-12-7-9-15-14(11-12)18-17(21)22-15/h2-7,9,11H,8,10H2,1H3,(H,18,21). The zero-order valence-corrected chi connectivity index (χ0v) is 12.2. The van der Waals surface area contributed by atoms with Crippen LogP contribution in [0.1, 0.15) is 12.0 Å². The van der Waals surface area contributed by atoms with E-state index < -0.39 is 5.76 Å². The van der Waals surface area contributed by atoms with Gasteiger partial charge >= 0.3 is 5.76 Å². The minimum absolute atomic E-state index is 0.0481. The lowest BCUT2D eigenvalue weighted by Gasteiger charge is -2.17. The van der Waals surface area contributed by atoms with Crippen molar-refractivity contribution in [3.63, 3.8) is 0 Å². The average molecular weight is 296 g/mol. The number of anilines is 1. The maximum absolute atomic E-state index is 12.2. The molecular weight excluding hydrogens is 280 g/mol. The molecule has 0 aliphatic carbocycles. The number of aromatic nitrogens is 1. The summed E-state index contributed by atoms with van der Waals surface area (Å²) in [5, 5.41) is 0. The van der Waals surface area contributed by atoms with Crippen LogP contribution in [0.4, 0.5) is 5.69 Å². The second-order valence-electron chi connectivity index (χ2n) is 5.13. The molecule has 3 aromatic rings. The fourth-order valence-electron chi connectivity index (χ4n) is 2.37. The number of nitrogens with one attached hydrogen (secondary N) is 1. The highest BCUT2D eigenvalue weighted by atomic mass is 16.4. The highest BCUT2D eigenvalue weighted by Crippen LogP contribution is 2.16. The van der Waals surface area contributed by atoms with Crippen molar-refractivity contribution in [2.24, 2.45) is 0 Å². The minimum atomic E-state index is -0.466. The zero-order chi connectivity index (χ0) is 15.5. The maximum atomic E-state index is 12.2. The Bertz CT molecular complexity index is 849. The molecule has 0 radical (unpaired) electrons. The average Bonchev–Trinajstić information content (AvgIpc) is 2.92. The van der Waals surface area contributed by atoms with Gasteiger partial charge in [-0.3, -0.25) is 9.78 Å². The fraction of sp³-hybridized carbons (Fsp3) is 0.176. The molecule has 1 heterocycles. The molecule has 0 saturated carbocycles. The van der Waals surface area contributed by atoms with E-state index in [0.717, 1.165) is 11.3 Å². The van der Waals surface area contributed by atoms with Crippen molar-refractivity contribution in [2.45, 2.75) is 12.8 Å². The Morgan fingerprint density at radius 3 is 2.73 bits per heavy atom. The third-order valence-corrected chi connectivity index (χ3v) is 3.63. The molecule has 5 nitrogen and oxygen atoms in total. The summed E-state index contributed by atoms with van der Waals surface area (Å²) < 4.78 is 4.96. The summed E-state index contributed by atoms with van der Waals surface area (Å²) in [7, 11) is 1.77. The molecule has 0 saturated heterocycles. The van der Waals surface area contributed by atoms with E-state index in [-0.39, 0.29) is 5.91 Å². The summed E-state index contributed by atoms with van der Waals surface area (Å²) in [5.41, 5.74) is 3.05. The summed E-state index contributed by atoms with van der Waals surface area (Å²) in [6.07, 6.45) is 1.01. The molecule has 1 N–H and O–H groups in total. The van der Waals surface area contributed by atoms with Gasteiger partial charge in [0.15, 0.2) is 5.58 Å². The van der Waals surface area contributed by atoms with Crippen LogP contribution in [0.15, 0.2) is 57.7 Å². The number of H-pyrrole nitrogens is 1. The lowest BCUT2D eigenvalue weighted by molar-refractivity contribution is -0.118. The van der Waals surface area contributed by atoms with Gasteiger partial charge in [0, 0.05) is 19.2 Å². The van der Waals surface area contributed by atoms with Crippen LogP contribution in [0.3, 0.4) is 0 Å². The van der Waals surface area contributed by atoms with E-state index in [2.05, 4.69) is 4.98 Å². The number of carbonyl (C=O) groups is 1. The van der Waals surface area contributed by atoms with E-state index in [4.69, 9.17) is 4.42 Å². The van der Waals surface area contributed by atoms with Crippen LogP contribution >= 0.6 is 0 Å². The predicted molar refractivity (Wildman–Crippen MR) is 85.0 cm³/mol. The molecule has 112 valence electrons. The second-order valence-corrected chi connectivity index (χ2v) is 5.13. The lowest BCUT2D eigenvalue weighted by Crippen LogP contribution is -2.26. The number of hydrogen-bond donors (Lipinski definition) is 1. The van der Waals surface area contributed by atoms with E-state index >= 15 is 0 Å². The van der Waals surface area contributed by atoms with Crippen LogP contribution < -0.4 is 10.7 Å². The first-order valence-electron chi connectivity index (χ1n) is 7.07. The summed E-state index contributed by atoms with van der Waals surface area (Å²) in [6, 6.07) is 15.0. The molecular formula is C17H16N2O3. The first-order valence-corrected chi connectivity index (χ1v) is 7.07. The minimum Gasteiger partial charge on any atom is -0.408 e. The summed E-state index contributed by atoms with van der Waals surface area (Å²) >= 11 is 0. The molecule has 5 heteroatoms. The van der Waals surface area contributed by atoms with E-state index in [1.807, 2.05) is 42.5 Å².